The summed E-state index contributed by atoms with van der Waals surface area (Å²) in [5.74, 6) is 1.94. The summed E-state index contributed by atoms with van der Waals surface area (Å²) in [6, 6.07) is 25.3. The Kier molecular flexibility index (Phi) is 7.80. The van der Waals surface area contributed by atoms with Crippen molar-refractivity contribution in [1.29, 1.82) is 0 Å². The molecule has 0 radical (unpaired) electrons. The molecule has 0 bridgehead atoms. The third kappa shape index (κ3) is 4.34. The fourth-order valence-electron chi connectivity index (χ4n) is 2.49. The van der Waals surface area contributed by atoms with Crippen LogP contribution in [0.3, 0.4) is 0 Å². The first-order chi connectivity index (χ1) is 11.8. The van der Waals surface area contributed by atoms with Crippen molar-refractivity contribution in [2.75, 3.05) is 0 Å². The Labute approximate surface area is 188 Å². The molecule has 0 unspecified atom stereocenters. The minimum Gasteiger partial charge on any atom is -0.447 e. The molecule has 1 aliphatic rings. The number of ether oxygens (including phenoxy) is 1. The second kappa shape index (κ2) is 9.60. The molecule has 0 atom stereocenters. The Morgan fingerprint density at radius 1 is 0.667 bits per heavy atom. The minimum atomic E-state index is -0.102. The molecule has 124 valence electrons. The average Bonchev–Trinajstić information content (AvgIpc) is 2.61. The second-order valence-electron chi connectivity index (χ2n) is 4.79. The summed E-state index contributed by atoms with van der Waals surface area (Å²) in [5.41, 5.74) is 0. The first kappa shape index (κ1) is 19.5. The van der Waals surface area contributed by atoms with Gasteiger partial charge in [-0.15, -0.1) is 0 Å². The first-order valence-electron chi connectivity index (χ1n) is 6.98. The summed E-state index contributed by atoms with van der Waals surface area (Å²) in [5, 5.41) is 0. The standard InChI is InChI=1S/C18H12IOS.I3/c19-13-7-1-4-10-16(13)21-17-11-5-2-8-14(17)20-15-9-3-6-12-18(15)21;1-3-2/h1-12H;/q+1;-1. The van der Waals surface area contributed by atoms with Crippen molar-refractivity contribution in [3.63, 3.8) is 0 Å². The van der Waals surface area contributed by atoms with Crippen LogP contribution >= 0.6 is 59.8 Å². The zero-order valence-electron chi connectivity index (χ0n) is 12.3. The van der Waals surface area contributed by atoms with Gasteiger partial charge in [0.25, 0.3) is 0 Å². The molecule has 1 heterocycles. The maximum atomic E-state index is 6.07. The number of hydrogen-bond acceptors (Lipinski definition) is 1. The molecule has 3 aromatic carbocycles. The van der Waals surface area contributed by atoms with E-state index >= 15 is 0 Å². The van der Waals surface area contributed by atoms with Gasteiger partial charge in [-0.3, -0.25) is 0 Å². The minimum absolute atomic E-state index is 0.102. The number of hydrogen-bond donors (Lipinski definition) is 0. The second-order valence-corrected chi connectivity index (χ2v) is 24.1. The number of benzene rings is 3. The van der Waals surface area contributed by atoms with Gasteiger partial charge in [-0.2, -0.15) is 0 Å². The van der Waals surface area contributed by atoms with Gasteiger partial charge < -0.3 is 4.74 Å². The Morgan fingerprint density at radius 3 is 1.58 bits per heavy atom. The maximum absolute atomic E-state index is 6.07. The van der Waals surface area contributed by atoms with Crippen LogP contribution in [-0.2, 0) is 10.9 Å². The molecular weight excluding hydrogens is 772 g/mol. The van der Waals surface area contributed by atoms with Crippen LogP contribution in [0.5, 0.6) is 11.5 Å². The van der Waals surface area contributed by atoms with Gasteiger partial charge in [-0.1, -0.05) is 36.4 Å². The Hall–Kier alpha value is 0.730. The van der Waals surface area contributed by atoms with E-state index in [1.807, 2.05) is 12.1 Å². The molecule has 0 N–H and O–H groups in total. The molecule has 0 spiro atoms. The van der Waals surface area contributed by atoms with E-state index in [9.17, 15) is 0 Å². The summed E-state index contributed by atoms with van der Waals surface area (Å²) < 4.78 is 7.37. The summed E-state index contributed by atoms with van der Waals surface area (Å²) in [6.45, 7) is 0. The number of para-hydroxylation sites is 2. The van der Waals surface area contributed by atoms with Gasteiger partial charge in [-0.05, 0) is 59.0 Å². The van der Waals surface area contributed by atoms with Crippen LogP contribution in [0.4, 0.5) is 0 Å². The molecule has 0 saturated heterocycles. The van der Waals surface area contributed by atoms with Gasteiger partial charge in [0.05, 0.1) is 3.57 Å². The fraction of sp³-hybridized carbons (Fsp3) is 0. The SMILES string of the molecule is I[I-]I.Ic1ccccc1[S+]1c2ccccc2Oc2ccccc21. The smallest absolute Gasteiger partial charge is 0.209 e. The molecule has 0 saturated carbocycles. The normalized spacial score (nSPS) is 12.5. The van der Waals surface area contributed by atoms with Crippen LogP contribution < -0.4 is 18.0 Å². The first-order valence-corrected chi connectivity index (χ1v) is 21.9. The van der Waals surface area contributed by atoms with E-state index in [0.29, 0.717) is 13.3 Å². The van der Waals surface area contributed by atoms with Crippen molar-refractivity contribution in [3.05, 3.63) is 76.4 Å². The predicted molar refractivity (Wildman–Crippen MR) is 122 cm³/mol. The van der Waals surface area contributed by atoms with Gasteiger partial charge in [0.15, 0.2) is 16.4 Å². The summed E-state index contributed by atoms with van der Waals surface area (Å²) >= 11 is 7.73. The van der Waals surface area contributed by atoms with Crippen molar-refractivity contribution in [3.8, 4) is 11.5 Å². The maximum Gasteiger partial charge on any atom is 0.209 e. The molecule has 1 nitrogen and oxygen atoms in total. The van der Waals surface area contributed by atoms with Crippen LogP contribution in [-0.4, -0.2) is 0 Å². The van der Waals surface area contributed by atoms with E-state index in [0.717, 1.165) is 11.5 Å². The molecule has 0 aliphatic carbocycles. The van der Waals surface area contributed by atoms with Crippen LogP contribution in [0, 0.1) is 3.57 Å². The van der Waals surface area contributed by atoms with E-state index in [2.05, 4.69) is 120 Å². The van der Waals surface area contributed by atoms with Crippen molar-refractivity contribution in [2.45, 2.75) is 14.7 Å². The van der Waals surface area contributed by atoms with Gasteiger partial charge >= 0.3 is 50.5 Å². The number of halogens is 4. The number of rotatable bonds is 1. The van der Waals surface area contributed by atoms with E-state index < -0.39 is 0 Å². The van der Waals surface area contributed by atoms with E-state index in [-0.39, 0.29) is 10.9 Å². The topological polar surface area (TPSA) is 9.23 Å². The van der Waals surface area contributed by atoms with Gasteiger partial charge in [0.2, 0.25) is 9.79 Å². The molecule has 0 fully saturated rings. The van der Waals surface area contributed by atoms with E-state index in [1.165, 1.54) is 18.3 Å². The largest absolute Gasteiger partial charge is 0.447 e. The quantitative estimate of drug-likeness (QED) is 0.207. The van der Waals surface area contributed by atoms with Crippen LogP contribution in [0.2, 0.25) is 0 Å². The summed E-state index contributed by atoms with van der Waals surface area (Å²) in [7, 11) is -0.102. The van der Waals surface area contributed by atoms with Gasteiger partial charge in [-0.25, -0.2) is 0 Å². The predicted octanol–water partition coefficient (Wildman–Crippen LogP) is 4.27. The van der Waals surface area contributed by atoms with Gasteiger partial charge in [0, 0.05) is 0 Å². The summed E-state index contributed by atoms with van der Waals surface area (Å²) in [6.07, 6.45) is 0. The Bertz CT molecular complexity index is 780. The van der Waals surface area contributed by atoms with E-state index in [4.69, 9.17) is 4.74 Å². The Morgan fingerprint density at radius 2 is 1.08 bits per heavy atom. The molecule has 0 amide bonds. The van der Waals surface area contributed by atoms with Crippen LogP contribution in [0.1, 0.15) is 0 Å². The monoisotopic (exact) mass is 784 g/mol. The molecule has 24 heavy (non-hydrogen) atoms. The van der Waals surface area contributed by atoms with Crippen LogP contribution in [0.15, 0.2) is 87.5 Å². The Balaban J connectivity index is 0.000000526. The molecule has 3 aromatic rings. The zero-order valence-corrected chi connectivity index (χ0v) is 21.7. The van der Waals surface area contributed by atoms with E-state index in [1.54, 1.807) is 0 Å². The summed E-state index contributed by atoms with van der Waals surface area (Å²) in [4.78, 5) is 3.89. The fourth-order valence-corrected chi connectivity index (χ4v) is 5.78. The van der Waals surface area contributed by atoms with Crippen molar-refractivity contribution in [2.24, 2.45) is 0 Å². The van der Waals surface area contributed by atoms with Crippen molar-refractivity contribution < 1.29 is 18.0 Å². The van der Waals surface area contributed by atoms with Crippen molar-refractivity contribution >= 4 is 70.7 Å². The third-order valence-corrected chi connectivity index (χ3v) is 7.07. The number of fused-ring (bicyclic) bond motifs is 2. The van der Waals surface area contributed by atoms with Crippen molar-refractivity contribution in [1.82, 2.24) is 0 Å². The molecule has 0 aromatic heterocycles. The molecule has 4 rings (SSSR count). The molecular formula is C18H12I4OS. The molecule has 6 heteroatoms. The third-order valence-electron chi connectivity index (χ3n) is 3.41. The zero-order chi connectivity index (χ0) is 16.9. The van der Waals surface area contributed by atoms with Gasteiger partial charge in [0.1, 0.15) is 10.9 Å². The average molecular weight is 784 g/mol. The van der Waals surface area contributed by atoms with Crippen LogP contribution in [0.25, 0.3) is 0 Å². The molecule has 1 aliphatic heterocycles.